The lowest BCUT2D eigenvalue weighted by atomic mass is 10.0. The molecule has 1 amide bonds. The number of rotatable bonds is 11. The van der Waals surface area contributed by atoms with E-state index in [9.17, 15) is 4.79 Å². The number of hydrogen-bond acceptors (Lipinski definition) is 5. The van der Waals surface area contributed by atoms with E-state index in [1.54, 1.807) is 12.4 Å². The third-order valence-corrected chi connectivity index (χ3v) is 6.74. The van der Waals surface area contributed by atoms with Gasteiger partial charge in [0.1, 0.15) is 6.26 Å². The summed E-state index contributed by atoms with van der Waals surface area (Å²) < 4.78 is 5.73. The van der Waals surface area contributed by atoms with Crippen LogP contribution in [0.2, 0.25) is 0 Å². The number of nitrogens with zero attached hydrogens (tertiary/aromatic N) is 3. The molecule has 3 heterocycles. The molecule has 0 aliphatic heterocycles. The van der Waals surface area contributed by atoms with Crippen LogP contribution >= 0.6 is 0 Å². The molecule has 0 aliphatic carbocycles. The minimum atomic E-state index is -0.265. The number of carbonyl (C=O) groups is 1. The SMILES string of the molecule is CC(C)c1ccc(CN(CCc2c[nH]c3ccccc23)Cc2nc(C(=O)NCc3cccnc3)co2)cc1. The highest BCUT2D eigenvalue weighted by molar-refractivity contribution is 5.91. The van der Waals surface area contributed by atoms with Crippen LogP contribution in [-0.2, 0) is 26.1 Å². The van der Waals surface area contributed by atoms with Crippen LogP contribution in [0.25, 0.3) is 10.9 Å². The number of carbonyl (C=O) groups excluding carboxylic acids is 1. The summed E-state index contributed by atoms with van der Waals surface area (Å²) in [6, 6.07) is 20.9. The Morgan fingerprint density at radius 3 is 2.66 bits per heavy atom. The van der Waals surface area contributed by atoms with Crippen molar-refractivity contribution >= 4 is 16.8 Å². The number of fused-ring (bicyclic) bond motifs is 1. The highest BCUT2D eigenvalue weighted by Gasteiger charge is 2.16. The molecule has 2 aromatic carbocycles. The predicted octanol–water partition coefficient (Wildman–Crippen LogP) is 5.85. The van der Waals surface area contributed by atoms with E-state index in [-0.39, 0.29) is 11.6 Å². The number of oxazole rings is 1. The number of aromatic nitrogens is 3. The number of pyridine rings is 1. The standard InChI is InChI=1S/C31H33N5O2/c1-22(2)25-11-9-23(10-12-25)19-36(15-13-26-18-33-28-8-4-3-7-27(26)28)20-30-35-29(21-38-30)31(37)34-17-24-6-5-14-32-16-24/h3-12,14,16,18,21-22,33H,13,15,17,19-20H2,1-2H3,(H,34,37). The zero-order chi connectivity index (χ0) is 26.3. The van der Waals surface area contributed by atoms with Crippen molar-refractivity contribution in [3.63, 3.8) is 0 Å². The first kappa shape index (κ1) is 25.4. The smallest absolute Gasteiger partial charge is 0.273 e. The number of para-hydroxylation sites is 1. The Morgan fingerprint density at radius 2 is 1.87 bits per heavy atom. The fourth-order valence-corrected chi connectivity index (χ4v) is 4.55. The fraction of sp³-hybridized carbons (Fsp3) is 0.258. The van der Waals surface area contributed by atoms with Crippen LogP contribution in [0.5, 0.6) is 0 Å². The van der Waals surface area contributed by atoms with Crippen LogP contribution in [-0.4, -0.2) is 32.3 Å². The molecular formula is C31H33N5O2. The summed E-state index contributed by atoms with van der Waals surface area (Å²) in [5, 5.41) is 4.13. The molecule has 7 heteroatoms. The summed E-state index contributed by atoms with van der Waals surface area (Å²) >= 11 is 0. The van der Waals surface area contributed by atoms with Gasteiger partial charge in [0, 0.05) is 49.1 Å². The van der Waals surface area contributed by atoms with Crippen LogP contribution in [0, 0.1) is 0 Å². The molecule has 0 bridgehead atoms. The van der Waals surface area contributed by atoms with Crippen LogP contribution in [0.3, 0.4) is 0 Å². The molecule has 0 aliphatic rings. The van der Waals surface area contributed by atoms with Gasteiger partial charge in [0.2, 0.25) is 5.89 Å². The maximum atomic E-state index is 12.6. The van der Waals surface area contributed by atoms with Crippen molar-refractivity contribution in [1.82, 2.24) is 25.2 Å². The summed E-state index contributed by atoms with van der Waals surface area (Å²) in [5.41, 5.74) is 6.19. The van der Waals surface area contributed by atoms with Gasteiger partial charge in [-0.15, -0.1) is 0 Å². The average molecular weight is 508 g/mol. The Hall–Kier alpha value is -4.23. The van der Waals surface area contributed by atoms with Gasteiger partial charge in [-0.25, -0.2) is 4.98 Å². The Kier molecular flexibility index (Phi) is 7.95. The average Bonchev–Trinajstić information content (AvgIpc) is 3.58. The Bertz CT molecular complexity index is 1470. The van der Waals surface area contributed by atoms with Crippen molar-refractivity contribution in [2.24, 2.45) is 0 Å². The molecule has 38 heavy (non-hydrogen) atoms. The van der Waals surface area contributed by atoms with Crippen LogP contribution in [0.1, 0.15) is 58.4 Å². The minimum Gasteiger partial charge on any atom is -0.447 e. The van der Waals surface area contributed by atoms with Gasteiger partial charge in [0.15, 0.2) is 5.69 Å². The molecule has 0 atom stereocenters. The third-order valence-electron chi connectivity index (χ3n) is 6.74. The minimum absolute atomic E-state index is 0.265. The second-order valence-electron chi connectivity index (χ2n) is 9.89. The second kappa shape index (κ2) is 11.9. The zero-order valence-electron chi connectivity index (χ0n) is 21.9. The molecule has 0 spiro atoms. The Balaban J connectivity index is 1.27. The van der Waals surface area contributed by atoms with Gasteiger partial charge in [-0.1, -0.05) is 62.4 Å². The number of amides is 1. The van der Waals surface area contributed by atoms with Crippen LogP contribution < -0.4 is 5.32 Å². The molecule has 7 nitrogen and oxygen atoms in total. The molecule has 0 radical (unpaired) electrons. The summed E-state index contributed by atoms with van der Waals surface area (Å²) in [5.74, 6) is 0.754. The summed E-state index contributed by atoms with van der Waals surface area (Å²) in [7, 11) is 0. The van der Waals surface area contributed by atoms with Gasteiger partial charge < -0.3 is 14.7 Å². The normalized spacial score (nSPS) is 11.5. The quantitative estimate of drug-likeness (QED) is 0.234. The Morgan fingerprint density at radius 1 is 1.03 bits per heavy atom. The van der Waals surface area contributed by atoms with E-state index in [4.69, 9.17) is 4.42 Å². The molecule has 0 fully saturated rings. The van der Waals surface area contributed by atoms with E-state index in [2.05, 4.69) is 87.7 Å². The van der Waals surface area contributed by atoms with Gasteiger partial charge in [-0.3, -0.25) is 14.7 Å². The van der Waals surface area contributed by atoms with E-state index in [0.29, 0.717) is 24.9 Å². The number of aromatic amines is 1. The summed E-state index contributed by atoms with van der Waals surface area (Å²) in [6.45, 7) is 6.87. The van der Waals surface area contributed by atoms with Gasteiger partial charge in [-0.2, -0.15) is 0 Å². The van der Waals surface area contributed by atoms with Crippen molar-refractivity contribution in [3.05, 3.63) is 119 Å². The maximum absolute atomic E-state index is 12.6. The monoisotopic (exact) mass is 507 g/mol. The zero-order valence-corrected chi connectivity index (χ0v) is 21.9. The van der Waals surface area contributed by atoms with E-state index in [1.165, 1.54) is 28.3 Å². The topological polar surface area (TPSA) is 87.0 Å². The fourth-order valence-electron chi connectivity index (χ4n) is 4.55. The lowest BCUT2D eigenvalue weighted by Crippen LogP contribution is -2.26. The molecule has 194 valence electrons. The van der Waals surface area contributed by atoms with E-state index in [1.807, 2.05) is 18.2 Å². The van der Waals surface area contributed by atoms with Crippen molar-refractivity contribution in [2.75, 3.05) is 6.54 Å². The largest absolute Gasteiger partial charge is 0.447 e. The van der Waals surface area contributed by atoms with Crippen molar-refractivity contribution in [2.45, 2.75) is 45.8 Å². The molecule has 5 rings (SSSR count). The third kappa shape index (κ3) is 6.36. The molecule has 0 saturated heterocycles. The lowest BCUT2D eigenvalue weighted by Gasteiger charge is -2.21. The van der Waals surface area contributed by atoms with E-state index < -0.39 is 0 Å². The highest BCUT2D eigenvalue weighted by atomic mass is 16.3. The number of hydrogen-bond donors (Lipinski definition) is 2. The number of benzene rings is 2. The summed E-state index contributed by atoms with van der Waals surface area (Å²) in [4.78, 5) is 26.9. The highest BCUT2D eigenvalue weighted by Crippen LogP contribution is 2.20. The molecular weight excluding hydrogens is 474 g/mol. The molecule has 3 aromatic heterocycles. The van der Waals surface area contributed by atoms with Gasteiger partial charge in [0.25, 0.3) is 5.91 Å². The maximum Gasteiger partial charge on any atom is 0.273 e. The molecule has 2 N–H and O–H groups in total. The Labute approximate surface area is 222 Å². The van der Waals surface area contributed by atoms with Gasteiger partial charge in [-0.05, 0) is 46.7 Å². The first-order valence-electron chi connectivity index (χ1n) is 13.0. The van der Waals surface area contributed by atoms with Crippen molar-refractivity contribution in [3.8, 4) is 0 Å². The molecule has 5 aromatic rings. The lowest BCUT2D eigenvalue weighted by molar-refractivity contribution is 0.0945. The van der Waals surface area contributed by atoms with Crippen LogP contribution in [0.15, 0.2) is 89.9 Å². The predicted molar refractivity (Wildman–Crippen MR) is 149 cm³/mol. The van der Waals surface area contributed by atoms with Crippen molar-refractivity contribution < 1.29 is 9.21 Å². The van der Waals surface area contributed by atoms with Crippen molar-refractivity contribution in [1.29, 1.82) is 0 Å². The van der Waals surface area contributed by atoms with Gasteiger partial charge >= 0.3 is 0 Å². The van der Waals surface area contributed by atoms with Gasteiger partial charge in [0.05, 0.1) is 6.54 Å². The first-order chi connectivity index (χ1) is 18.5. The summed E-state index contributed by atoms with van der Waals surface area (Å²) in [6.07, 6.45) is 7.85. The second-order valence-corrected chi connectivity index (χ2v) is 9.89. The van der Waals surface area contributed by atoms with E-state index in [0.717, 1.165) is 30.6 Å². The molecule has 0 saturated carbocycles. The van der Waals surface area contributed by atoms with E-state index >= 15 is 0 Å². The molecule has 0 unspecified atom stereocenters. The number of nitrogens with one attached hydrogen (secondary N) is 2. The van der Waals surface area contributed by atoms with Crippen LogP contribution in [0.4, 0.5) is 0 Å². The first-order valence-corrected chi connectivity index (χ1v) is 13.0. The number of H-pyrrole nitrogens is 1.